The summed E-state index contributed by atoms with van der Waals surface area (Å²) < 4.78 is 14.8. The van der Waals surface area contributed by atoms with Crippen molar-refractivity contribution in [1.82, 2.24) is 15.1 Å². The molecule has 0 fully saturated rings. The monoisotopic (exact) mass is 359 g/mol. The Morgan fingerprint density at radius 2 is 1.96 bits per heavy atom. The van der Waals surface area contributed by atoms with Gasteiger partial charge in [-0.3, -0.25) is 4.79 Å². The Labute approximate surface area is 151 Å². The van der Waals surface area contributed by atoms with Gasteiger partial charge in [0.25, 0.3) is 5.91 Å². The summed E-state index contributed by atoms with van der Waals surface area (Å²) in [7, 11) is 0. The number of nitrogens with zero attached hydrogens (tertiary/aromatic N) is 2. The molecule has 0 radical (unpaired) electrons. The van der Waals surface area contributed by atoms with Crippen LogP contribution >= 0.6 is 0 Å². The van der Waals surface area contributed by atoms with Gasteiger partial charge in [0.2, 0.25) is 0 Å². The first-order valence-corrected chi connectivity index (χ1v) is 8.77. The van der Waals surface area contributed by atoms with Crippen molar-refractivity contribution in [2.45, 2.75) is 45.6 Å². The van der Waals surface area contributed by atoms with E-state index in [2.05, 4.69) is 10.4 Å². The lowest BCUT2D eigenvalue weighted by Gasteiger charge is -2.16. The van der Waals surface area contributed by atoms with Crippen LogP contribution in [0.2, 0.25) is 0 Å². The second-order valence-electron chi connectivity index (χ2n) is 7.01. The summed E-state index contributed by atoms with van der Waals surface area (Å²) in [6.07, 6.45) is 2.76. The van der Waals surface area contributed by atoms with Crippen LogP contribution in [-0.4, -0.2) is 32.8 Å². The van der Waals surface area contributed by atoms with Gasteiger partial charge in [0.05, 0.1) is 5.69 Å². The van der Waals surface area contributed by atoms with Crippen molar-refractivity contribution in [2.75, 3.05) is 0 Å². The highest BCUT2D eigenvalue weighted by atomic mass is 19.1. The van der Waals surface area contributed by atoms with Crippen molar-refractivity contribution in [2.24, 2.45) is 5.92 Å². The smallest absolute Gasteiger partial charge is 0.326 e. The number of benzene rings is 1. The lowest BCUT2D eigenvalue weighted by atomic mass is 10.0. The standard InChI is InChI=1S/C19H22FN3O3/c1-11(2)10-15(19(25)26)21-18(24)17-14-4-3-5-16(14)23(22-17)13-8-6-12(20)7-9-13/h6-9,11,15H,3-5,10H2,1-2H3,(H,21,24)(H,25,26). The third-order valence-corrected chi connectivity index (χ3v) is 4.53. The minimum absolute atomic E-state index is 0.138. The number of hydrogen-bond acceptors (Lipinski definition) is 3. The molecule has 0 saturated carbocycles. The van der Waals surface area contributed by atoms with Crippen LogP contribution < -0.4 is 5.32 Å². The zero-order chi connectivity index (χ0) is 18.8. The molecule has 3 rings (SSSR count). The van der Waals surface area contributed by atoms with Gasteiger partial charge < -0.3 is 10.4 Å². The fourth-order valence-electron chi connectivity index (χ4n) is 3.34. The number of rotatable bonds is 6. The van der Waals surface area contributed by atoms with Gasteiger partial charge in [-0.05, 0) is 55.9 Å². The Bertz CT molecular complexity index is 827. The molecule has 138 valence electrons. The SMILES string of the molecule is CC(C)CC(NC(=O)c1nn(-c2ccc(F)cc2)c2c1CCC2)C(=O)O. The number of carboxylic acid groups (broad SMARTS) is 1. The third-order valence-electron chi connectivity index (χ3n) is 4.53. The minimum atomic E-state index is -1.05. The molecule has 1 aliphatic rings. The van der Waals surface area contributed by atoms with Gasteiger partial charge >= 0.3 is 5.97 Å². The summed E-state index contributed by atoms with van der Waals surface area (Å²) in [6, 6.07) is 4.97. The Morgan fingerprint density at radius 3 is 2.58 bits per heavy atom. The Kier molecular flexibility index (Phi) is 5.06. The lowest BCUT2D eigenvalue weighted by Crippen LogP contribution is -2.42. The van der Waals surface area contributed by atoms with E-state index in [0.717, 1.165) is 30.5 Å². The van der Waals surface area contributed by atoms with Crippen molar-refractivity contribution < 1.29 is 19.1 Å². The molecule has 26 heavy (non-hydrogen) atoms. The fourth-order valence-corrected chi connectivity index (χ4v) is 3.34. The summed E-state index contributed by atoms with van der Waals surface area (Å²) in [5.41, 5.74) is 2.72. The van der Waals surface area contributed by atoms with Crippen molar-refractivity contribution in [1.29, 1.82) is 0 Å². The van der Waals surface area contributed by atoms with Gasteiger partial charge in [-0.25, -0.2) is 13.9 Å². The normalized spacial score (nSPS) is 14.3. The number of fused-ring (bicyclic) bond motifs is 1. The van der Waals surface area contributed by atoms with Crippen LogP contribution in [0.15, 0.2) is 24.3 Å². The predicted molar refractivity (Wildman–Crippen MR) is 93.9 cm³/mol. The van der Waals surface area contributed by atoms with Crippen molar-refractivity contribution in [3.63, 3.8) is 0 Å². The molecular formula is C19H22FN3O3. The second kappa shape index (κ2) is 7.27. The largest absolute Gasteiger partial charge is 0.480 e. The first-order chi connectivity index (χ1) is 12.4. The highest BCUT2D eigenvalue weighted by molar-refractivity contribution is 5.96. The maximum atomic E-state index is 13.2. The average molecular weight is 359 g/mol. The second-order valence-corrected chi connectivity index (χ2v) is 7.01. The van der Waals surface area contributed by atoms with Gasteiger partial charge in [0, 0.05) is 11.3 Å². The molecule has 2 aromatic rings. The lowest BCUT2D eigenvalue weighted by molar-refractivity contribution is -0.139. The molecule has 1 aromatic heterocycles. The maximum Gasteiger partial charge on any atom is 0.326 e. The molecule has 0 bridgehead atoms. The molecule has 0 saturated heterocycles. The number of aliphatic carboxylic acids is 1. The van der Waals surface area contributed by atoms with Crippen LogP contribution in [0.25, 0.3) is 5.69 Å². The third kappa shape index (κ3) is 3.61. The molecular weight excluding hydrogens is 337 g/mol. The molecule has 1 heterocycles. The van der Waals surface area contributed by atoms with Gasteiger partial charge in [-0.15, -0.1) is 0 Å². The number of halogens is 1. The van der Waals surface area contributed by atoms with E-state index in [9.17, 15) is 19.1 Å². The van der Waals surface area contributed by atoms with E-state index in [4.69, 9.17) is 0 Å². The van der Waals surface area contributed by atoms with Crippen LogP contribution in [0.5, 0.6) is 0 Å². The molecule has 7 heteroatoms. The number of nitrogens with one attached hydrogen (secondary N) is 1. The zero-order valence-corrected chi connectivity index (χ0v) is 14.8. The maximum absolute atomic E-state index is 13.2. The molecule has 1 atom stereocenters. The van der Waals surface area contributed by atoms with Crippen molar-refractivity contribution >= 4 is 11.9 Å². The van der Waals surface area contributed by atoms with Crippen LogP contribution in [0.3, 0.4) is 0 Å². The first-order valence-electron chi connectivity index (χ1n) is 8.77. The highest BCUT2D eigenvalue weighted by Gasteiger charge is 2.29. The molecule has 2 N–H and O–H groups in total. The van der Waals surface area contributed by atoms with Gasteiger partial charge in [-0.2, -0.15) is 5.10 Å². The van der Waals surface area contributed by atoms with Crippen LogP contribution in [-0.2, 0) is 17.6 Å². The summed E-state index contributed by atoms with van der Waals surface area (Å²) in [6.45, 7) is 3.81. The van der Waals surface area contributed by atoms with Crippen LogP contribution in [0, 0.1) is 11.7 Å². The van der Waals surface area contributed by atoms with Crippen LogP contribution in [0.4, 0.5) is 4.39 Å². The van der Waals surface area contributed by atoms with E-state index < -0.39 is 17.9 Å². The molecule has 1 unspecified atom stereocenters. The van der Waals surface area contributed by atoms with E-state index in [-0.39, 0.29) is 17.4 Å². The molecule has 1 amide bonds. The Balaban J connectivity index is 1.91. The van der Waals surface area contributed by atoms with Crippen molar-refractivity contribution in [3.05, 3.63) is 47.0 Å². The average Bonchev–Trinajstić information content (AvgIpc) is 3.16. The zero-order valence-electron chi connectivity index (χ0n) is 14.8. The minimum Gasteiger partial charge on any atom is -0.480 e. The predicted octanol–water partition coefficient (Wildman–Crippen LogP) is 2.73. The molecule has 0 aliphatic heterocycles. The molecule has 6 nitrogen and oxygen atoms in total. The van der Waals surface area contributed by atoms with E-state index >= 15 is 0 Å². The topological polar surface area (TPSA) is 84.2 Å². The Hall–Kier alpha value is -2.70. The Morgan fingerprint density at radius 1 is 1.27 bits per heavy atom. The summed E-state index contributed by atoms with van der Waals surface area (Å²) in [4.78, 5) is 24.1. The van der Waals surface area contributed by atoms with Crippen molar-refractivity contribution in [3.8, 4) is 5.69 Å². The number of carboxylic acids is 1. The van der Waals surface area contributed by atoms with Gasteiger partial charge in [-0.1, -0.05) is 13.8 Å². The quantitative estimate of drug-likeness (QED) is 0.831. The summed E-state index contributed by atoms with van der Waals surface area (Å²) in [5, 5.41) is 16.4. The molecule has 1 aromatic carbocycles. The summed E-state index contributed by atoms with van der Waals surface area (Å²) in [5.74, 6) is -1.73. The first kappa shape index (κ1) is 18.1. The number of carbonyl (C=O) groups is 2. The molecule has 0 spiro atoms. The van der Waals surface area contributed by atoms with E-state index in [1.54, 1.807) is 16.8 Å². The number of hydrogen-bond donors (Lipinski definition) is 2. The van der Waals surface area contributed by atoms with Gasteiger partial charge in [0.1, 0.15) is 11.9 Å². The van der Waals surface area contributed by atoms with Gasteiger partial charge in [0.15, 0.2) is 5.69 Å². The van der Waals surface area contributed by atoms with E-state index in [1.807, 2.05) is 13.8 Å². The van der Waals surface area contributed by atoms with E-state index in [1.165, 1.54) is 12.1 Å². The number of amides is 1. The van der Waals surface area contributed by atoms with Crippen LogP contribution in [0.1, 0.15) is 48.4 Å². The number of aromatic nitrogens is 2. The highest BCUT2D eigenvalue weighted by Crippen LogP contribution is 2.28. The number of carbonyl (C=O) groups excluding carboxylic acids is 1. The molecule has 1 aliphatic carbocycles. The fraction of sp³-hybridized carbons (Fsp3) is 0.421. The summed E-state index contributed by atoms with van der Waals surface area (Å²) >= 11 is 0. The van der Waals surface area contributed by atoms with E-state index in [0.29, 0.717) is 12.1 Å².